The van der Waals surface area contributed by atoms with Crippen molar-refractivity contribution < 1.29 is 0 Å². The minimum absolute atomic E-state index is 0.0710. The molecule has 200 valence electrons. The van der Waals surface area contributed by atoms with Crippen molar-refractivity contribution in [2.75, 3.05) is 12.3 Å². The molecule has 4 heterocycles. The lowest BCUT2D eigenvalue weighted by Crippen LogP contribution is -2.23. The van der Waals surface area contributed by atoms with Crippen LogP contribution in [0, 0.1) is 0 Å². The van der Waals surface area contributed by atoms with Crippen LogP contribution in [0.25, 0.3) is 21.9 Å². The number of fused-ring (bicyclic) bond motifs is 3. The van der Waals surface area contributed by atoms with Gasteiger partial charge >= 0.3 is 0 Å². The number of aromatic amines is 1. The normalized spacial score (nSPS) is 14.0. The van der Waals surface area contributed by atoms with Crippen molar-refractivity contribution >= 4 is 27.8 Å². The smallest absolute Gasteiger partial charge is 0.178 e. The lowest BCUT2D eigenvalue weighted by Gasteiger charge is -2.18. The molecular weight excluding hydrogens is 496 g/mol. The highest BCUT2D eigenvalue weighted by molar-refractivity contribution is 5.83. The van der Waals surface area contributed by atoms with Crippen LogP contribution >= 0.6 is 0 Å². The zero-order valence-corrected chi connectivity index (χ0v) is 22.3. The van der Waals surface area contributed by atoms with Gasteiger partial charge in [-0.1, -0.05) is 65.9 Å². The summed E-state index contributed by atoms with van der Waals surface area (Å²) in [6.07, 6.45) is 8.16. The van der Waals surface area contributed by atoms with Gasteiger partial charge in [-0.3, -0.25) is 4.68 Å². The Labute approximate surface area is 232 Å². The van der Waals surface area contributed by atoms with E-state index in [1.807, 2.05) is 16.9 Å². The molecule has 0 amide bonds. The van der Waals surface area contributed by atoms with Crippen molar-refractivity contribution in [3.8, 4) is 0 Å². The van der Waals surface area contributed by atoms with E-state index >= 15 is 0 Å². The van der Waals surface area contributed by atoms with E-state index in [1.54, 1.807) is 0 Å². The van der Waals surface area contributed by atoms with Crippen LogP contribution in [0.2, 0.25) is 0 Å². The van der Waals surface area contributed by atoms with Gasteiger partial charge in [-0.05, 0) is 82.4 Å². The fourth-order valence-electron chi connectivity index (χ4n) is 6.02. The molecule has 0 aliphatic carbocycles. The number of nitrogens with zero attached hydrogens (tertiary/aromatic N) is 5. The maximum Gasteiger partial charge on any atom is 0.178 e. The van der Waals surface area contributed by atoms with Crippen molar-refractivity contribution in [3.05, 3.63) is 113 Å². The van der Waals surface area contributed by atoms with Gasteiger partial charge in [0.05, 0.1) is 12.7 Å². The summed E-state index contributed by atoms with van der Waals surface area (Å²) in [5.74, 6) is 0.533. The van der Waals surface area contributed by atoms with E-state index in [-0.39, 0.29) is 5.92 Å². The average molecular weight is 529 g/mol. The van der Waals surface area contributed by atoms with E-state index in [4.69, 9.17) is 10.8 Å². The standard InChI is InChI=1S/C32H32N8/c33-30-16-29(31-32(36-30)38-39-37-31)28(7-3-4-21-8-10-23-5-1-2-6-24(23)14-21)27-18-35-40(20-27)19-22-9-11-26-17-34-13-12-25(26)15-22/h1-2,5-6,8-11,14-16,18,20,28,34H,3-4,7,12-13,17,19H2,(H3,33,36,37,38,39). The maximum atomic E-state index is 6.22. The number of hydrogen-bond acceptors (Lipinski definition) is 6. The Morgan fingerprint density at radius 1 is 0.950 bits per heavy atom. The van der Waals surface area contributed by atoms with E-state index in [0.717, 1.165) is 62.0 Å². The first-order valence-electron chi connectivity index (χ1n) is 14.0. The van der Waals surface area contributed by atoms with Crippen LogP contribution in [-0.4, -0.2) is 36.7 Å². The van der Waals surface area contributed by atoms with Crippen molar-refractivity contribution in [1.29, 1.82) is 0 Å². The monoisotopic (exact) mass is 528 g/mol. The SMILES string of the molecule is Nc1cc(C(CCCc2ccc3ccccc3c2)c2cnn(Cc3ccc4c(c3)CCNC4)c2)c2nn[nH]c2n1. The number of anilines is 1. The minimum Gasteiger partial charge on any atom is -0.384 e. The second-order valence-electron chi connectivity index (χ2n) is 10.8. The molecular formula is C32H32N8. The first-order chi connectivity index (χ1) is 19.7. The van der Waals surface area contributed by atoms with Gasteiger partial charge in [-0.2, -0.15) is 5.10 Å². The van der Waals surface area contributed by atoms with Gasteiger partial charge in [-0.15, -0.1) is 5.10 Å². The van der Waals surface area contributed by atoms with Gasteiger partial charge < -0.3 is 11.1 Å². The van der Waals surface area contributed by atoms with Crippen LogP contribution < -0.4 is 11.1 Å². The zero-order valence-electron chi connectivity index (χ0n) is 22.3. The summed E-state index contributed by atoms with van der Waals surface area (Å²) in [5.41, 5.74) is 15.2. The van der Waals surface area contributed by atoms with Crippen molar-refractivity contribution in [2.45, 2.75) is 44.7 Å². The number of H-pyrrole nitrogens is 1. The molecule has 0 saturated carbocycles. The zero-order chi connectivity index (χ0) is 26.9. The van der Waals surface area contributed by atoms with Gasteiger partial charge in [0, 0.05) is 18.7 Å². The molecule has 1 unspecified atom stereocenters. The molecule has 1 atom stereocenters. The summed E-state index contributed by atoms with van der Waals surface area (Å²) in [6.45, 7) is 2.73. The van der Waals surface area contributed by atoms with Gasteiger partial charge in [-0.25, -0.2) is 10.1 Å². The lowest BCUT2D eigenvalue weighted by molar-refractivity contribution is 0.638. The first kappa shape index (κ1) is 24.5. The number of hydrogen-bond donors (Lipinski definition) is 3. The molecule has 8 nitrogen and oxygen atoms in total. The molecule has 8 heteroatoms. The molecule has 6 aromatic rings. The third-order valence-electron chi connectivity index (χ3n) is 8.05. The van der Waals surface area contributed by atoms with E-state index < -0.39 is 0 Å². The Morgan fingerprint density at radius 2 is 1.85 bits per heavy atom. The fraction of sp³-hybridized carbons (Fsp3) is 0.250. The molecule has 3 aromatic heterocycles. The molecule has 0 bridgehead atoms. The van der Waals surface area contributed by atoms with Crippen LogP contribution in [0.1, 0.15) is 52.1 Å². The van der Waals surface area contributed by atoms with Crippen LogP contribution in [-0.2, 0) is 25.9 Å². The summed E-state index contributed by atoms with van der Waals surface area (Å²) in [5, 5.41) is 22.0. The number of rotatable bonds is 8. The van der Waals surface area contributed by atoms with E-state index in [1.165, 1.54) is 33.0 Å². The predicted octanol–water partition coefficient (Wildman–Crippen LogP) is 5.13. The summed E-state index contributed by atoms with van der Waals surface area (Å²) in [4.78, 5) is 4.40. The van der Waals surface area contributed by atoms with Gasteiger partial charge in [0.15, 0.2) is 5.65 Å². The largest absolute Gasteiger partial charge is 0.384 e. The van der Waals surface area contributed by atoms with Crippen LogP contribution in [0.5, 0.6) is 0 Å². The van der Waals surface area contributed by atoms with E-state index in [9.17, 15) is 0 Å². The molecule has 0 fully saturated rings. The first-order valence-corrected chi connectivity index (χ1v) is 14.0. The second kappa shape index (κ2) is 10.5. The number of benzene rings is 3. The highest BCUT2D eigenvalue weighted by Gasteiger charge is 2.22. The molecule has 1 aliphatic heterocycles. The molecule has 4 N–H and O–H groups in total. The second-order valence-corrected chi connectivity index (χ2v) is 10.8. The number of aromatic nitrogens is 6. The Balaban J connectivity index is 1.16. The quantitative estimate of drug-likeness (QED) is 0.253. The summed E-state index contributed by atoms with van der Waals surface area (Å²) in [7, 11) is 0. The minimum atomic E-state index is 0.0710. The Kier molecular flexibility index (Phi) is 6.45. The number of pyridine rings is 1. The topological polar surface area (TPSA) is 110 Å². The number of nitrogen functional groups attached to an aromatic ring is 1. The molecule has 40 heavy (non-hydrogen) atoms. The maximum absolute atomic E-state index is 6.22. The average Bonchev–Trinajstić information content (AvgIpc) is 3.64. The summed E-state index contributed by atoms with van der Waals surface area (Å²) >= 11 is 0. The summed E-state index contributed by atoms with van der Waals surface area (Å²) < 4.78 is 2.04. The van der Waals surface area contributed by atoms with Crippen LogP contribution in [0.4, 0.5) is 5.82 Å². The van der Waals surface area contributed by atoms with Crippen LogP contribution in [0.3, 0.4) is 0 Å². The lowest BCUT2D eigenvalue weighted by atomic mass is 9.87. The Morgan fingerprint density at radius 3 is 2.80 bits per heavy atom. The fourth-order valence-corrected chi connectivity index (χ4v) is 6.02. The van der Waals surface area contributed by atoms with E-state index in [0.29, 0.717) is 11.5 Å². The van der Waals surface area contributed by atoms with Crippen molar-refractivity contribution in [3.63, 3.8) is 0 Å². The molecule has 0 saturated heterocycles. The van der Waals surface area contributed by atoms with Gasteiger partial charge in [0.1, 0.15) is 11.3 Å². The van der Waals surface area contributed by atoms with Crippen molar-refractivity contribution in [1.82, 2.24) is 35.5 Å². The Bertz CT molecular complexity index is 1800. The van der Waals surface area contributed by atoms with Crippen LogP contribution in [0.15, 0.2) is 79.1 Å². The van der Waals surface area contributed by atoms with E-state index in [2.05, 4.69) is 92.6 Å². The molecule has 0 spiro atoms. The number of aryl methyl sites for hydroxylation is 1. The molecule has 1 aliphatic rings. The van der Waals surface area contributed by atoms with Gasteiger partial charge in [0.2, 0.25) is 0 Å². The third-order valence-corrected chi connectivity index (χ3v) is 8.05. The molecule has 7 rings (SSSR count). The highest BCUT2D eigenvalue weighted by Crippen LogP contribution is 2.34. The Hall–Kier alpha value is -4.56. The van der Waals surface area contributed by atoms with Crippen molar-refractivity contribution in [2.24, 2.45) is 0 Å². The molecule has 3 aromatic carbocycles. The molecule has 0 radical (unpaired) electrons. The summed E-state index contributed by atoms with van der Waals surface area (Å²) in [6, 6.07) is 24.0. The van der Waals surface area contributed by atoms with Gasteiger partial charge in [0.25, 0.3) is 0 Å². The third kappa shape index (κ3) is 4.94. The predicted molar refractivity (Wildman–Crippen MR) is 158 cm³/mol. The highest BCUT2D eigenvalue weighted by atomic mass is 15.3. The number of nitrogens with one attached hydrogen (secondary N) is 2. The number of nitrogens with two attached hydrogens (primary N) is 1.